The summed E-state index contributed by atoms with van der Waals surface area (Å²) in [7, 11) is 0. The zero-order chi connectivity index (χ0) is 11.9. The molecule has 1 heterocycles. The number of hydrogen-bond donors (Lipinski definition) is 2. The molecule has 16 heavy (non-hydrogen) atoms. The van der Waals surface area contributed by atoms with Crippen LogP contribution in [0.4, 0.5) is 0 Å². The first-order valence-electron chi connectivity index (χ1n) is 4.80. The van der Waals surface area contributed by atoms with Crippen molar-refractivity contribution in [3.8, 4) is 5.75 Å². The maximum atomic E-state index is 11.5. The van der Waals surface area contributed by atoms with Crippen molar-refractivity contribution in [2.75, 3.05) is 0 Å². The molecule has 84 valence electrons. The molecular formula is C11H10O5. The number of carboxylic acid groups (broad SMARTS) is 1. The number of carbonyl (C=O) groups is 2. The van der Waals surface area contributed by atoms with Gasteiger partial charge in [0.05, 0.1) is 5.56 Å². The summed E-state index contributed by atoms with van der Waals surface area (Å²) in [6, 6.07) is 2.49. The second-order valence-electron chi connectivity index (χ2n) is 3.71. The lowest BCUT2D eigenvalue weighted by Crippen LogP contribution is -2.27. The topological polar surface area (TPSA) is 83.8 Å². The number of phenols is 1. The van der Waals surface area contributed by atoms with Crippen LogP contribution >= 0.6 is 0 Å². The molecule has 1 aromatic carbocycles. The second kappa shape index (κ2) is 3.52. The van der Waals surface area contributed by atoms with E-state index in [2.05, 4.69) is 0 Å². The quantitative estimate of drug-likeness (QED) is 0.697. The van der Waals surface area contributed by atoms with Gasteiger partial charge in [0.2, 0.25) is 0 Å². The molecule has 2 rings (SSSR count). The molecule has 0 aromatic heterocycles. The Kier molecular flexibility index (Phi) is 2.30. The fourth-order valence-electron chi connectivity index (χ4n) is 1.85. The number of rotatable bonds is 1. The van der Waals surface area contributed by atoms with Crippen molar-refractivity contribution in [1.29, 1.82) is 0 Å². The van der Waals surface area contributed by atoms with Crippen molar-refractivity contribution in [2.45, 2.75) is 19.4 Å². The van der Waals surface area contributed by atoms with Gasteiger partial charge in [-0.25, -0.2) is 9.59 Å². The fourth-order valence-corrected chi connectivity index (χ4v) is 1.85. The number of carbonyl (C=O) groups excluding carboxylic acids is 1. The number of carboxylic acids is 1. The smallest absolute Gasteiger partial charge is 0.342 e. The van der Waals surface area contributed by atoms with E-state index in [1.54, 1.807) is 6.92 Å². The molecule has 0 saturated heterocycles. The van der Waals surface area contributed by atoms with Gasteiger partial charge in [0.1, 0.15) is 17.4 Å². The summed E-state index contributed by atoms with van der Waals surface area (Å²) in [5.41, 5.74) is 0.352. The minimum atomic E-state index is -1.11. The van der Waals surface area contributed by atoms with Gasteiger partial charge in [-0.1, -0.05) is 0 Å². The Morgan fingerprint density at radius 1 is 1.50 bits per heavy atom. The van der Waals surface area contributed by atoms with Crippen molar-refractivity contribution in [2.24, 2.45) is 0 Å². The van der Waals surface area contributed by atoms with Crippen LogP contribution < -0.4 is 0 Å². The highest BCUT2D eigenvalue weighted by Gasteiger charge is 2.30. The van der Waals surface area contributed by atoms with Crippen molar-refractivity contribution in [3.63, 3.8) is 0 Å². The summed E-state index contributed by atoms with van der Waals surface area (Å²) in [6.07, 6.45) is -0.0724. The Labute approximate surface area is 91.3 Å². The Morgan fingerprint density at radius 3 is 2.81 bits per heavy atom. The van der Waals surface area contributed by atoms with E-state index in [-0.39, 0.29) is 23.0 Å². The third kappa shape index (κ3) is 1.50. The van der Waals surface area contributed by atoms with Gasteiger partial charge in [-0.15, -0.1) is 0 Å². The third-order valence-corrected chi connectivity index (χ3v) is 2.53. The molecule has 1 aliphatic heterocycles. The minimum absolute atomic E-state index is 0.0296. The first-order valence-corrected chi connectivity index (χ1v) is 4.80. The molecular weight excluding hydrogens is 212 g/mol. The second-order valence-corrected chi connectivity index (χ2v) is 3.71. The van der Waals surface area contributed by atoms with E-state index in [1.165, 1.54) is 12.1 Å². The molecule has 0 aliphatic carbocycles. The van der Waals surface area contributed by atoms with Crippen LogP contribution in [0, 0.1) is 0 Å². The van der Waals surface area contributed by atoms with Crippen LogP contribution in [0.25, 0.3) is 0 Å². The lowest BCUT2D eigenvalue weighted by atomic mass is 9.93. The predicted molar refractivity (Wildman–Crippen MR) is 53.6 cm³/mol. The Bertz CT molecular complexity index is 478. The maximum absolute atomic E-state index is 11.5. The molecule has 0 radical (unpaired) electrons. The van der Waals surface area contributed by atoms with Crippen LogP contribution in [0.1, 0.15) is 33.2 Å². The van der Waals surface area contributed by atoms with Gasteiger partial charge < -0.3 is 14.9 Å². The predicted octanol–water partition coefficient (Wildman–Crippen LogP) is 1.19. The van der Waals surface area contributed by atoms with E-state index >= 15 is 0 Å². The van der Waals surface area contributed by atoms with Crippen molar-refractivity contribution in [3.05, 3.63) is 28.8 Å². The first-order chi connectivity index (χ1) is 7.50. The van der Waals surface area contributed by atoms with Crippen LogP contribution in [-0.2, 0) is 11.2 Å². The summed E-state index contributed by atoms with van der Waals surface area (Å²) >= 11 is 0. The highest BCUT2D eigenvalue weighted by atomic mass is 16.5. The lowest BCUT2D eigenvalue weighted by molar-refractivity contribution is 0.0296. The summed E-state index contributed by atoms with van der Waals surface area (Å²) < 4.78 is 4.94. The molecule has 5 nitrogen and oxygen atoms in total. The molecule has 0 amide bonds. The monoisotopic (exact) mass is 222 g/mol. The number of cyclic esters (lactones) is 1. The molecule has 0 unspecified atom stereocenters. The van der Waals surface area contributed by atoms with E-state index in [4.69, 9.17) is 9.84 Å². The number of ether oxygens (including phenoxy) is 1. The minimum Gasteiger partial charge on any atom is -0.507 e. The molecule has 2 N–H and O–H groups in total. The van der Waals surface area contributed by atoms with Gasteiger partial charge in [0.15, 0.2) is 0 Å². The number of esters is 1. The highest BCUT2D eigenvalue weighted by molar-refractivity contribution is 6.00. The number of benzene rings is 1. The molecule has 0 saturated carbocycles. The Morgan fingerprint density at radius 2 is 2.19 bits per heavy atom. The van der Waals surface area contributed by atoms with Gasteiger partial charge in [0, 0.05) is 6.42 Å². The van der Waals surface area contributed by atoms with E-state index in [0.717, 1.165) is 0 Å². The average molecular weight is 222 g/mol. The lowest BCUT2D eigenvalue weighted by Gasteiger charge is -2.23. The Balaban J connectivity index is 2.67. The number of aromatic hydroxyl groups is 1. The van der Waals surface area contributed by atoms with Crippen molar-refractivity contribution in [1.82, 2.24) is 0 Å². The van der Waals surface area contributed by atoms with Crippen LogP contribution in [0.5, 0.6) is 5.75 Å². The molecule has 0 bridgehead atoms. The summed E-state index contributed by atoms with van der Waals surface area (Å²) in [5.74, 6) is -2.02. The zero-order valence-electron chi connectivity index (χ0n) is 8.56. The number of phenolic OH excluding ortho intramolecular Hbond substituents is 1. The van der Waals surface area contributed by atoms with Gasteiger partial charge in [-0.2, -0.15) is 0 Å². The number of fused-ring (bicyclic) bond motifs is 1. The van der Waals surface area contributed by atoms with Gasteiger partial charge in [0.25, 0.3) is 0 Å². The summed E-state index contributed by atoms with van der Waals surface area (Å²) in [4.78, 5) is 22.5. The molecule has 5 heteroatoms. The highest BCUT2D eigenvalue weighted by Crippen LogP contribution is 2.30. The van der Waals surface area contributed by atoms with Crippen LogP contribution in [0.2, 0.25) is 0 Å². The maximum Gasteiger partial charge on any atom is 0.342 e. The normalized spacial score (nSPS) is 18.8. The largest absolute Gasteiger partial charge is 0.507 e. The van der Waals surface area contributed by atoms with Crippen molar-refractivity contribution >= 4 is 11.9 Å². The third-order valence-electron chi connectivity index (χ3n) is 2.53. The van der Waals surface area contributed by atoms with Crippen molar-refractivity contribution < 1.29 is 24.5 Å². The van der Waals surface area contributed by atoms with Crippen LogP contribution in [-0.4, -0.2) is 28.3 Å². The number of hydrogen-bond acceptors (Lipinski definition) is 4. The summed E-state index contributed by atoms with van der Waals surface area (Å²) in [6.45, 7) is 1.68. The molecule has 1 aliphatic rings. The van der Waals surface area contributed by atoms with Gasteiger partial charge in [-0.3, -0.25) is 0 Å². The standard InChI is InChI=1S/C11H10O5/c1-5-4-7-6(10(13)14)2-3-8(12)9(7)11(15)16-5/h2-3,5,12H,4H2,1H3,(H,13,14)/t5-/m1/s1. The molecule has 0 fully saturated rings. The molecule has 0 spiro atoms. The first kappa shape index (κ1) is 10.5. The van der Waals surface area contributed by atoms with E-state index < -0.39 is 11.9 Å². The molecule has 1 atom stereocenters. The van der Waals surface area contributed by atoms with Crippen LogP contribution in [0.15, 0.2) is 12.1 Å². The zero-order valence-corrected chi connectivity index (χ0v) is 8.56. The van der Waals surface area contributed by atoms with Gasteiger partial charge >= 0.3 is 11.9 Å². The summed E-state index contributed by atoms with van der Waals surface area (Å²) in [5, 5.41) is 18.5. The van der Waals surface area contributed by atoms with Gasteiger partial charge in [-0.05, 0) is 24.6 Å². The van der Waals surface area contributed by atoms with E-state index in [9.17, 15) is 14.7 Å². The van der Waals surface area contributed by atoms with Crippen LogP contribution in [0.3, 0.4) is 0 Å². The number of aromatic carboxylic acids is 1. The Hall–Kier alpha value is -2.04. The average Bonchev–Trinajstić information content (AvgIpc) is 2.15. The fraction of sp³-hybridized carbons (Fsp3) is 0.273. The van der Waals surface area contributed by atoms with E-state index in [1.807, 2.05) is 0 Å². The molecule has 1 aromatic rings. The SMILES string of the molecule is C[C@@H]1Cc2c(C(=O)O)ccc(O)c2C(=O)O1. The van der Waals surface area contributed by atoms with E-state index in [0.29, 0.717) is 12.0 Å².